The lowest BCUT2D eigenvalue weighted by Gasteiger charge is -2.21. The number of carbonyl (C=O) groups is 4. The van der Waals surface area contributed by atoms with E-state index in [2.05, 4.69) is 59.6 Å². The van der Waals surface area contributed by atoms with Gasteiger partial charge in [-0.15, -0.1) is 0 Å². The third kappa shape index (κ3) is 15.6. The molecular formula is C45H58N10O6. The summed E-state index contributed by atoms with van der Waals surface area (Å²) in [6.45, 7) is 7.62. The number of nitrogens with zero attached hydrogens (tertiary/aromatic N) is 3. The molecule has 324 valence electrons. The highest BCUT2D eigenvalue weighted by Gasteiger charge is 2.25. The van der Waals surface area contributed by atoms with Gasteiger partial charge in [0.1, 0.15) is 18.2 Å². The summed E-state index contributed by atoms with van der Waals surface area (Å²) in [6.07, 6.45) is 9.37. The number of aliphatic imine (C=N–C) groups is 1. The van der Waals surface area contributed by atoms with Crippen molar-refractivity contribution in [2.24, 2.45) is 16.5 Å². The van der Waals surface area contributed by atoms with Gasteiger partial charge in [0.15, 0.2) is 0 Å². The van der Waals surface area contributed by atoms with Crippen LogP contribution in [0.1, 0.15) is 60.4 Å². The van der Waals surface area contributed by atoms with Crippen LogP contribution >= 0.6 is 0 Å². The lowest BCUT2D eigenvalue weighted by molar-refractivity contribution is -0.126. The Balaban J connectivity index is 0.000000557. The Morgan fingerprint density at radius 2 is 1.62 bits per heavy atom. The standard InChI is InChI=1S/C34H43N9O3.C9H11NO.C2H4O2/c1-22(40-33(44)31(42-34(45)46-4)25-9-6-5-7-10-25)32-39-21-29(41-32)24-14-12-23(13-15-24)27(35)16-17-28(36)30(20-37-2)38-19-26-11-8-18-43(26)3;1-10-9(7-11)8-5-3-2-4-6-8;1-4-2-3/h5-7,9-10,12-17,20-22,26,31,38H,2,8,11,18-19,35-36H2,1,3-4H3,(H,39,41)(H,40,44)(H,42,45);2-7,9-10H,1H3;2H,1H3/b27-16-,28-17-,30-20-;;/t22-,26-,31+;9-;/m00./s1. The number of aromatic amines is 1. The van der Waals surface area contributed by atoms with Crippen molar-refractivity contribution in [2.45, 2.75) is 43.9 Å². The summed E-state index contributed by atoms with van der Waals surface area (Å²) in [7, 11) is 6.46. The zero-order valence-corrected chi connectivity index (χ0v) is 35.3. The van der Waals surface area contributed by atoms with Crippen molar-refractivity contribution in [3.05, 3.63) is 143 Å². The van der Waals surface area contributed by atoms with Crippen molar-refractivity contribution in [3.8, 4) is 11.3 Å². The number of allylic oxidation sites excluding steroid dienone is 2. The smallest absolute Gasteiger partial charge is 0.407 e. The Morgan fingerprint density at radius 1 is 0.984 bits per heavy atom. The van der Waals surface area contributed by atoms with Crippen LogP contribution in [0.15, 0.2) is 126 Å². The zero-order valence-electron chi connectivity index (χ0n) is 35.3. The Hall–Kier alpha value is -7.04. The van der Waals surface area contributed by atoms with Gasteiger partial charge in [-0.25, -0.2) is 9.78 Å². The molecule has 4 atom stereocenters. The highest BCUT2D eigenvalue weighted by molar-refractivity contribution is 5.87. The number of alkyl carbamates (subject to hydrolysis) is 1. The fourth-order valence-electron chi connectivity index (χ4n) is 6.15. The summed E-state index contributed by atoms with van der Waals surface area (Å²) in [5.74, 6) is 0.160. The van der Waals surface area contributed by atoms with Gasteiger partial charge in [0.25, 0.3) is 6.47 Å². The number of likely N-dealkylation sites (tertiary alicyclic amines) is 1. The molecule has 9 N–H and O–H groups in total. The first-order valence-corrected chi connectivity index (χ1v) is 19.5. The molecule has 61 heavy (non-hydrogen) atoms. The van der Waals surface area contributed by atoms with Gasteiger partial charge in [-0.1, -0.05) is 84.9 Å². The fraction of sp³-hybridized carbons (Fsp3) is 0.289. The summed E-state index contributed by atoms with van der Waals surface area (Å²) in [5.41, 5.74) is 18.6. The van der Waals surface area contributed by atoms with Crippen LogP contribution in [-0.4, -0.2) is 93.8 Å². The molecule has 2 amide bonds. The molecular weight excluding hydrogens is 777 g/mol. The summed E-state index contributed by atoms with van der Waals surface area (Å²) in [6, 6.07) is 25.1. The van der Waals surface area contributed by atoms with E-state index < -0.39 is 24.1 Å². The Bertz CT molecular complexity index is 2070. The number of carbonyl (C=O) groups excluding carboxylic acids is 4. The summed E-state index contributed by atoms with van der Waals surface area (Å²) in [5, 5.41) is 11.8. The first-order valence-electron chi connectivity index (χ1n) is 19.5. The highest BCUT2D eigenvalue weighted by atomic mass is 16.5. The first kappa shape index (κ1) is 48.3. The van der Waals surface area contributed by atoms with Crippen LogP contribution in [0.25, 0.3) is 17.0 Å². The van der Waals surface area contributed by atoms with E-state index in [1.807, 2.05) is 67.6 Å². The Morgan fingerprint density at radius 3 is 2.16 bits per heavy atom. The minimum absolute atomic E-state index is 0.170. The van der Waals surface area contributed by atoms with Gasteiger partial charge in [0, 0.05) is 18.3 Å². The maximum atomic E-state index is 13.2. The second-order valence-corrected chi connectivity index (χ2v) is 13.7. The van der Waals surface area contributed by atoms with Crippen LogP contribution in [0.4, 0.5) is 4.79 Å². The molecule has 0 saturated carbocycles. The van der Waals surface area contributed by atoms with Gasteiger partial charge in [-0.2, -0.15) is 0 Å². The second-order valence-electron chi connectivity index (χ2n) is 13.7. The van der Waals surface area contributed by atoms with Gasteiger partial charge in [0.2, 0.25) is 5.91 Å². The number of rotatable bonds is 17. The number of imidazole rings is 1. The quantitative estimate of drug-likeness (QED) is 0.0438. The third-order valence-electron chi connectivity index (χ3n) is 9.61. The minimum atomic E-state index is -0.932. The number of methoxy groups -OCH3 is 2. The van der Waals surface area contributed by atoms with Crippen LogP contribution in [0.2, 0.25) is 0 Å². The number of amides is 2. The highest BCUT2D eigenvalue weighted by Crippen LogP contribution is 2.23. The molecule has 0 radical (unpaired) electrons. The lowest BCUT2D eigenvalue weighted by Crippen LogP contribution is -2.41. The maximum absolute atomic E-state index is 13.2. The molecule has 16 nitrogen and oxygen atoms in total. The topological polar surface area (TPSA) is 231 Å². The molecule has 4 aromatic rings. The number of benzene rings is 3. The molecule has 3 aromatic carbocycles. The van der Waals surface area contributed by atoms with Gasteiger partial charge >= 0.3 is 6.09 Å². The largest absolute Gasteiger partial charge is 0.471 e. The van der Waals surface area contributed by atoms with Gasteiger partial charge < -0.3 is 56.9 Å². The first-order chi connectivity index (χ1) is 29.5. The van der Waals surface area contributed by atoms with E-state index in [9.17, 15) is 14.4 Å². The number of H-pyrrole nitrogens is 1. The van der Waals surface area contributed by atoms with E-state index in [0.717, 1.165) is 48.2 Å². The molecule has 1 aliphatic heterocycles. The molecule has 1 saturated heterocycles. The molecule has 1 aliphatic rings. The summed E-state index contributed by atoms with van der Waals surface area (Å²) >= 11 is 0. The lowest BCUT2D eigenvalue weighted by atomic mass is 10.1. The van der Waals surface area contributed by atoms with Crippen LogP contribution < -0.4 is 32.7 Å². The number of hydrogen-bond donors (Lipinski definition) is 7. The van der Waals surface area contributed by atoms with Crippen LogP contribution in [0.5, 0.6) is 0 Å². The van der Waals surface area contributed by atoms with Gasteiger partial charge in [0.05, 0.1) is 55.8 Å². The number of aldehydes is 1. The van der Waals surface area contributed by atoms with Crippen molar-refractivity contribution in [1.29, 1.82) is 0 Å². The van der Waals surface area contributed by atoms with Gasteiger partial charge in [-0.05, 0) is 81.5 Å². The Labute approximate surface area is 357 Å². The molecule has 16 heteroatoms. The molecule has 0 spiro atoms. The minimum Gasteiger partial charge on any atom is -0.471 e. The summed E-state index contributed by atoms with van der Waals surface area (Å²) < 4.78 is 8.57. The predicted octanol–water partition coefficient (Wildman–Crippen LogP) is 4.65. The van der Waals surface area contributed by atoms with Crippen molar-refractivity contribution in [1.82, 2.24) is 36.1 Å². The predicted molar refractivity (Wildman–Crippen MR) is 238 cm³/mol. The van der Waals surface area contributed by atoms with Gasteiger partial charge in [-0.3, -0.25) is 14.6 Å². The van der Waals surface area contributed by atoms with E-state index in [-0.39, 0.29) is 6.04 Å². The summed E-state index contributed by atoms with van der Waals surface area (Å²) in [4.78, 5) is 58.5. The molecule has 0 bridgehead atoms. The fourth-order valence-corrected chi connectivity index (χ4v) is 6.15. The van der Waals surface area contributed by atoms with Crippen LogP contribution in [0.3, 0.4) is 0 Å². The molecule has 0 unspecified atom stereocenters. The van der Waals surface area contributed by atoms with Crippen molar-refractivity contribution in [3.63, 3.8) is 0 Å². The van der Waals surface area contributed by atoms with Crippen molar-refractivity contribution < 1.29 is 28.7 Å². The molecule has 0 aliphatic carbocycles. The molecule has 1 fully saturated rings. The zero-order chi connectivity index (χ0) is 44.6. The van der Waals surface area contributed by atoms with Crippen molar-refractivity contribution >= 4 is 37.2 Å². The number of aromatic nitrogens is 2. The van der Waals surface area contributed by atoms with Crippen LogP contribution in [-0.2, 0) is 23.9 Å². The molecule has 5 rings (SSSR count). The van der Waals surface area contributed by atoms with Crippen LogP contribution in [0, 0.1) is 0 Å². The number of ether oxygens (including phenoxy) is 2. The average Bonchev–Trinajstić information content (AvgIpc) is 3.96. The van der Waals surface area contributed by atoms with E-state index in [4.69, 9.17) is 21.0 Å². The number of likely N-dealkylation sites (N-methyl/N-ethyl adjacent to an activating group) is 2. The van der Waals surface area contributed by atoms with E-state index >= 15 is 0 Å². The SMILES string of the molecule is C=N/C=C(NC[C@@H]1CCCN1C)/C(N)=C/C=C(\N)c1ccc(-c2cnc([C@H](C)NC(=O)[C@H](NC(=O)OC)c3ccccc3)[nH]2)cc1.CN[C@@H](C=O)c1ccccc1.COC=O. The number of nitrogens with two attached hydrogens (primary N) is 2. The van der Waals surface area contributed by atoms with Crippen molar-refractivity contribution in [2.75, 3.05) is 41.4 Å². The maximum Gasteiger partial charge on any atom is 0.407 e. The number of hydrogen-bond acceptors (Lipinski definition) is 13. The van der Waals surface area contributed by atoms with E-state index in [1.165, 1.54) is 20.6 Å². The number of nitrogens with one attached hydrogen (secondary N) is 5. The molecule has 1 aromatic heterocycles. The second kappa shape index (κ2) is 26.1. The normalized spacial score (nSPS) is 15.6. The monoisotopic (exact) mass is 834 g/mol. The van der Waals surface area contributed by atoms with E-state index in [0.29, 0.717) is 41.0 Å². The molecule has 2 heterocycles. The average molecular weight is 835 g/mol. The third-order valence-corrected chi connectivity index (χ3v) is 9.61. The Kier molecular flexibility index (Phi) is 20.7. The van der Waals surface area contributed by atoms with E-state index in [1.54, 1.807) is 55.9 Å².